The van der Waals surface area contributed by atoms with Crippen LogP contribution in [-0.4, -0.2) is 30.5 Å². The van der Waals surface area contributed by atoms with Crippen molar-refractivity contribution in [1.29, 1.82) is 0 Å². The highest BCUT2D eigenvalue weighted by Crippen LogP contribution is 2.27. The van der Waals surface area contributed by atoms with Crippen molar-refractivity contribution in [2.45, 2.75) is 25.6 Å². The quantitative estimate of drug-likeness (QED) is 0.537. The average molecular weight is 281 g/mol. The van der Waals surface area contributed by atoms with Crippen molar-refractivity contribution in [3.05, 3.63) is 35.3 Å². The molecule has 18 heavy (non-hydrogen) atoms. The average Bonchev–Trinajstić information content (AvgIpc) is 2.75. The smallest absolute Gasteiger partial charge is 0.392 e. The van der Waals surface area contributed by atoms with Crippen molar-refractivity contribution >= 4 is 12.6 Å². The van der Waals surface area contributed by atoms with Crippen LogP contribution in [0.2, 0.25) is 0 Å². The largest absolute Gasteiger partial charge is 0.416 e. The fourth-order valence-corrected chi connectivity index (χ4v) is 1.28. The van der Waals surface area contributed by atoms with E-state index in [-0.39, 0.29) is 11.0 Å². The van der Waals surface area contributed by atoms with E-state index in [1.165, 1.54) is 6.08 Å². The van der Waals surface area contributed by atoms with E-state index in [9.17, 15) is 13.2 Å². The first kappa shape index (κ1) is 17.3. The Hall–Kier alpha value is -0.720. The van der Waals surface area contributed by atoms with E-state index in [0.29, 0.717) is 0 Å². The molecule has 0 aromatic carbocycles. The highest BCUT2D eigenvalue weighted by atomic mass is 32.1. The summed E-state index contributed by atoms with van der Waals surface area (Å²) in [4.78, 5) is 0.266. The number of allylic oxidation sites excluding steroid dienone is 4. The Morgan fingerprint density at radius 1 is 1.50 bits per heavy atom. The van der Waals surface area contributed by atoms with Crippen molar-refractivity contribution < 1.29 is 18.3 Å². The number of hydrogen-bond donors (Lipinski definition) is 3. The van der Waals surface area contributed by atoms with Crippen LogP contribution in [0.4, 0.5) is 13.2 Å². The zero-order chi connectivity index (χ0) is 14.2. The lowest BCUT2D eigenvalue weighted by Crippen LogP contribution is -2.11. The normalized spacial score (nSPS) is 21.3. The Morgan fingerprint density at radius 2 is 2.11 bits per heavy atom. The van der Waals surface area contributed by atoms with Crippen LogP contribution in [0, 0.1) is 0 Å². The third-order valence-corrected chi connectivity index (χ3v) is 2.57. The predicted octanol–water partition coefficient (Wildman–Crippen LogP) is 2.84. The van der Waals surface area contributed by atoms with Gasteiger partial charge in [0, 0.05) is 11.4 Å². The molecule has 0 bridgehead atoms. The molecular weight excluding hydrogens is 263 g/mol. The summed E-state index contributed by atoms with van der Waals surface area (Å²) in [6, 6.07) is 0. The van der Waals surface area contributed by atoms with Crippen LogP contribution >= 0.6 is 12.6 Å². The fraction of sp³-hybridized carbons (Fsp3) is 0.500. The van der Waals surface area contributed by atoms with Gasteiger partial charge in [-0.05, 0) is 26.0 Å². The molecule has 0 aromatic rings. The number of halogens is 3. The zero-order valence-corrected chi connectivity index (χ0v) is 11.1. The van der Waals surface area contributed by atoms with Gasteiger partial charge in [-0.3, -0.25) is 0 Å². The third-order valence-electron chi connectivity index (χ3n) is 2.18. The van der Waals surface area contributed by atoms with Gasteiger partial charge in [-0.2, -0.15) is 13.2 Å². The second-order valence-corrected chi connectivity index (χ2v) is 4.18. The Labute approximate surface area is 111 Å². The standard InChI is InChI=1S/C8H9F3S.C4H9NO/c1-3-6(8(9,10)11)5-7(12)4-2;6-4-1-2-5-3-4/h3-5,12H,1H2,2H3;4-6H,1-3H2/b6-5+,7-4+;. The lowest BCUT2D eigenvalue weighted by molar-refractivity contribution is -0.0881. The van der Waals surface area contributed by atoms with Crippen LogP contribution in [0.15, 0.2) is 35.3 Å². The molecule has 1 aliphatic rings. The van der Waals surface area contributed by atoms with E-state index < -0.39 is 11.7 Å². The topological polar surface area (TPSA) is 32.3 Å². The van der Waals surface area contributed by atoms with Crippen LogP contribution in [0.25, 0.3) is 0 Å². The van der Waals surface area contributed by atoms with Crippen LogP contribution in [0.1, 0.15) is 13.3 Å². The lowest BCUT2D eigenvalue weighted by Gasteiger charge is -2.06. The van der Waals surface area contributed by atoms with Gasteiger partial charge >= 0.3 is 6.18 Å². The molecule has 1 atom stereocenters. The molecule has 104 valence electrons. The van der Waals surface area contributed by atoms with Crippen molar-refractivity contribution in [2.75, 3.05) is 13.1 Å². The number of thiol groups is 1. The van der Waals surface area contributed by atoms with Crippen molar-refractivity contribution in [1.82, 2.24) is 5.32 Å². The maximum absolute atomic E-state index is 12.0. The Balaban J connectivity index is 0.000000397. The van der Waals surface area contributed by atoms with Crippen molar-refractivity contribution in [2.24, 2.45) is 0 Å². The summed E-state index contributed by atoms with van der Waals surface area (Å²) in [6.07, 6.45) is -0.322. The van der Waals surface area contributed by atoms with Crippen LogP contribution in [0.5, 0.6) is 0 Å². The fourth-order valence-electron chi connectivity index (χ4n) is 1.14. The maximum atomic E-state index is 12.0. The van der Waals surface area contributed by atoms with E-state index >= 15 is 0 Å². The Morgan fingerprint density at radius 3 is 2.33 bits per heavy atom. The summed E-state index contributed by atoms with van der Waals surface area (Å²) in [6.45, 7) is 6.45. The SMILES string of the molecule is C=C/C(=C\C(S)=C/C)C(F)(F)F.OC1CCNC1. The number of alkyl halides is 3. The first-order valence-electron chi connectivity index (χ1n) is 5.46. The molecule has 0 radical (unpaired) electrons. The second kappa shape index (κ2) is 8.39. The van der Waals surface area contributed by atoms with E-state index in [4.69, 9.17) is 5.11 Å². The predicted molar refractivity (Wildman–Crippen MR) is 70.6 cm³/mol. The molecule has 0 aromatic heterocycles. The van der Waals surface area contributed by atoms with Gasteiger partial charge in [-0.1, -0.05) is 18.7 Å². The van der Waals surface area contributed by atoms with Gasteiger partial charge in [0.25, 0.3) is 0 Å². The van der Waals surface area contributed by atoms with Gasteiger partial charge in [-0.15, -0.1) is 12.6 Å². The third kappa shape index (κ3) is 7.58. The minimum Gasteiger partial charge on any atom is -0.392 e. The molecule has 6 heteroatoms. The van der Waals surface area contributed by atoms with Crippen LogP contribution in [-0.2, 0) is 0 Å². The summed E-state index contributed by atoms with van der Waals surface area (Å²) in [5, 5.41) is 11.7. The van der Waals surface area contributed by atoms with Gasteiger partial charge in [-0.25, -0.2) is 0 Å². The van der Waals surface area contributed by atoms with Gasteiger partial charge in [0.2, 0.25) is 0 Å². The zero-order valence-electron chi connectivity index (χ0n) is 10.2. The Bertz CT molecular complexity index is 318. The summed E-state index contributed by atoms with van der Waals surface area (Å²) < 4.78 is 36.0. The van der Waals surface area contributed by atoms with Gasteiger partial charge in [0.05, 0.1) is 11.7 Å². The van der Waals surface area contributed by atoms with Gasteiger partial charge in [0.1, 0.15) is 0 Å². The summed E-state index contributed by atoms with van der Waals surface area (Å²) in [7, 11) is 0. The minimum absolute atomic E-state index is 0.0648. The van der Waals surface area contributed by atoms with Gasteiger partial charge in [0.15, 0.2) is 0 Å². The molecule has 0 amide bonds. The first-order valence-corrected chi connectivity index (χ1v) is 5.91. The van der Waals surface area contributed by atoms with Crippen molar-refractivity contribution in [3.8, 4) is 0 Å². The molecule has 0 saturated carbocycles. The number of aliphatic hydroxyl groups excluding tert-OH is 1. The van der Waals surface area contributed by atoms with Crippen LogP contribution < -0.4 is 5.32 Å². The van der Waals surface area contributed by atoms with Crippen molar-refractivity contribution in [3.63, 3.8) is 0 Å². The molecule has 1 rings (SSSR count). The molecule has 1 saturated heterocycles. The summed E-state index contributed by atoms with van der Waals surface area (Å²) in [5.41, 5.74) is -0.786. The molecule has 1 heterocycles. The molecule has 2 N–H and O–H groups in total. The number of nitrogens with one attached hydrogen (secondary N) is 1. The maximum Gasteiger partial charge on any atom is 0.416 e. The van der Waals surface area contributed by atoms with E-state index in [1.54, 1.807) is 6.92 Å². The molecular formula is C12H18F3NOS. The summed E-state index contributed by atoms with van der Waals surface area (Å²) in [5.74, 6) is 0. The monoisotopic (exact) mass is 281 g/mol. The van der Waals surface area contributed by atoms with Gasteiger partial charge < -0.3 is 10.4 Å². The lowest BCUT2D eigenvalue weighted by atomic mass is 10.2. The van der Waals surface area contributed by atoms with E-state index in [0.717, 1.165) is 31.7 Å². The highest BCUT2D eigenvalue weighted by molar-refractivity contribution is 7.84. The van der Waals surface area contributed by atoms with E-state index in [1.807, 2.05) is 0 Å². The number of aliphatic hydroxyl groups is 1. The minimum atomic E-state index is -4.35. The van der Waals surface area contributed by atoms with Crippen LogP contribution in [0.3, 0.4) is 0 Å². The molecule has 1 unspecified atom stereocenters. The second-order valence-electron chi connectivity index (χ2n) is 3.66. The number of rotatable bonds is 2. The Kier molecular flexibility index (Phi) is 8.06. The molecule has 1 fully saturated rings. The summed E-state index contributed by atoms with van der Waals surface area (Å²) >= 11 is 3.79. The molecule has 1 aliphatic heterocycles. The molecule has 2 nitrogen and oxygen atoms in total. The number of hydrogen-bond acceptors (Lipinski definition) is 3. The van der Waals surface area contributed by atoms with E-state index in [2.05, 4.69) is 24.5 Å². The molecule has 0 spiro atoms. The molecule has 0 aliphatic carbocycles. The number of β-amino-alcohol motifs (C(OH)–C–C–N with tert-alkyl or cyclic N) is 1. The first-order chi connectivity index (χ1) is 8.31. The highest BCUT2D eigenvalue weighted by Gasteiger charge is 2.31.